The first-order chi connectivity index (χ1) is 10.6. The van der Waals surface area contributed by atoms with Crippen molar-refractivity contribution in [3.8, 4) is 5.88 Å². The summed E-state index contributed by atoms with van der Waals surface area (Å²) in [5.41, 5.74) is 2.83. The fourth-order valence-corrected chi connectivity index (χ4v) is 2.82. The van der Waals surface area contributed by atoms with Crippen molar-refractivity contribution in [2.45, 2.75) is 32.6 Å². The SMILES string of the molecule is CC(C)COc1ccc2c(n1)CC(c1ccccc1)CC2=O. The highest BCUT2D eigenvalue weighted by atomic mass is 16.5. The molecule has 0 spiro atoms. The molecule has 0 aliphatic heterocycles. The van der Waals surface area contributed by atoms with E-state index in [-0.39, 0.29) is 11.7 Å². The van der Waals surface area contributed by atoms with Gasteiger partial charge < -0.3 is 4.74 Å². The number of Topliss-reactive ketones (excluding diaryl/α,β-unsaturated/α-hetero) is 1. The van der Waals surface area contributed by atoms with E-state index in [1.165, 1.54) is 5.56 Å². The highest BCUT2D eigenvalue weighted by Gasteiger charge is 2.27. The molecule has 3 rings (SSSR count). The van der Waals surface area contributed by atoms with Crippen molar-refractivity contribution in [3.05, 3.63) is 59.3 Å². The van der Waals surface area contributed by atoms with Gasteiger partial charge in [0.05, 0.1) is 12.3 Å². The van der Waals surface area contributed by atoms with Gasteiger partial charge in [0.15, 0.2) is 5.78 Å². The molecule has 0 radical (unpaired) electrons. The molecular formula is C19H21NO2. The Hall–Kier alpha value is -2.16. The number of fused-ring (bicyclic) bond motifs is 1. The highest BCUT2D eigenvalue weighted by Crippen LogP contribution is 2.32. The summed E-state index contributed by atoms with van der Waals surface area (Å²) in [4.78, 5) is 16.9. The second kappa shape index (κ2) is 6.30. The van der Waals surface area contributed by atoms with E-state index >= 15 is 0 Å². The van der Waals surface area contributed by atoms with Gasteiger partial charge in [0, 0.05) is 18.1 Å². The minimum atomic E-state index is 0.179. The van der Waals surface area contributed by atoms with Gasteiger partial charge in [-0.1, -0.05) is 44.2 Å². The van der Waals surface area contributed by atoms with Crippen molar-refractivity contribution < 1.29 is 9.53 Å². The summed E-state index contributed by atoms with van der Waals surface area (Å²) in [7, 11) is 0. The molecule has 0 saturated heterocycles. The van der Waals surface area contributed by atoms with Crippen molar-refractivity contribution >= 4 is 5.78 Å². The number of ketones is 1. The van der Waals surface area contributed by atoms with E-state index in [0.717, 1.165) is 17.7 Å². The molecule has 1 aromatic carbocycles. The number of carbonyl (C=O) groups is 1. The maximum absolute atomic E-state index is 12.4. The number of hydrogen-bond donors (Lipinski definition) is 0. The molecule has 0 amide bonds. The number of rotatable bonds is 4. The zero-order valence-electron chi connectivity index (χ0n) is 13.1. The molecular weight excluding hydrogens is 274 g/mol. The second-order valence-electron chi connectivity index (χ2n) is 6.29. The lowest BCUT2D eigenvalue weighted by atomic mass is 9.82. The van der Waals surface area contributed by atoms with Crippen molar-refractivity contribution in [1.29, 1.82) is 0 Å². The highest BCUT2D eigenvalue weighted by molar-refractivity contribution is 5.98. The molecule has 2 aromatic rings. The Kier molecular flexibility index (Phi) is 4.23. The quantitative estimate of drug-likeness (QED) is 0.855. The van der Waals surface area contributed by atoms with E-state index in [2.05, 4.69) is 31.0 Å². The monoisotopic (exact) mass is 295 g/mol. The molecule has 1 aliphatic rings. The van der Waals surface area contributed by atoms with Crippen LogP contribution < -0.4 is 4.74 Å². The molecule has 114 valence electrons. The van der Waals surface area contributed by atoms with E-state index in [1.54, 1.807) is 0 Å². The first-order valence-corrected chi connectivity index (χ1v) is 7.84. The summed E-state index contributed by atoms with van der Waals surface area (Å²) in [5.74, 6) is 1.47. The fourth-order valence-electron chi connectivity index (χ4n) is 2.82. The van der Waals surface area contributed by atoms with Crippen LogP contribution in [0, 0.1) is 5.92 Å². The number of carbonyl (C=O) groups excluding carboxylic acids is 1. The smallest absolute Gasteiger partial charge is 0.213 e. The van der Waals surface area contributed by atoms with E-state index in [4.69, 9.17) is 4.74 Å². The average Bonchev–Trinajstić information content (AvgIpc) is 2.53. The van der Waals surface area contributed by atoms with Crippen LogP contribution in [0.1, 0.15) is 47.8 Å². The molecule has 1 atom stereocenters. The summed E-state index contributed by atoms with van der Waals surface area (Å²) in [6.45, 7) is 4.85. The van der Waals surface area contributed by atoms with Crippen molar-refractivity contribution in [2.24, 2.45) is 5.92 Å². The third-order valence-corrected chi connectivity index (χ3v) is 3.96. The molecule has 0 saturated carbocycles. The molecule has 22 heavy (non-hydrogen) atoms. The number of nitrogens with zero attached hydrogens (tertiary/aromatic N) is 1. The van der Waals surface area contributed by atoms with Gasteiger partial charge in [-0.15, -0.1) is 0 Å². The van der Waals surface area contributed by atoms with Crippen LogP contribution in [-0.4, -0.2) is 17.4 Å². The Morgan fingerprint density at radius 3 is 2.64 bits per heavy atom. The van der Waals surface area contributed by atoms with Crippen LogP contribution in [0.3, 0.4) is 0 Å². The van der Waals surface area contributed by atoms with Gasteiger partial charge in [0.25, 0.3) is 0 Å². The van der Waals surface area contributed by atoms with Crippen LogP contribution in [0.5, 0.6) is 5.88 Å². The topological polar surface area (TPSA) is 39.2 Å². The Labute approximate surface area is 131 Å². The minimum absolute atomic E-state index is 0.179. The van der Waals surface area contributed by atoms with Crippen LogP contribution in [-0.2, 0) is 6.42 Å². The number of pyridine rings is 1. The number of ether oxygens (including phenoxy) is 1. The van der Waals surface area contributed by atoms with E-state index in [1.807, 2.05) is 30.3 Å². The van der Waals surface area contributed by atoms with Crippen LogP contribution in [0.4, 0.5) is 0 Å². The number of aromatic nitrogens is 1. The van der Waals surface area contributed by atoms with Gasteiger partial charge in [0.2, 0.25) is 5.88 Å². The van der Waals surface area contributed by atoms with Gasteiger partial charge in [-0.05, 0) is 29.9 Å². The van der Waals surface area contributed by atoms with E-state index in [0.29, 0.717) is 24.8 Å². The lowest BCUT2D eigenvalue weighted by Crippen LogP contribution is -2.20. The zero-order valence-corrected chi connectivity index (χ0v) is 13.1. The predicted molar refractivity (Wildman–Crippen MR) is 86.4 cm³/mol. The zero-order chi connectivity index (χ0) is 15.5. The van der Waals surface area contributed by atoms with Crippen LogP contribution in [0.15, 0.2) is 42.5 Å². The molecule has 0 bridgehead atoms. The first kappa shape index (κ1) is 14.8. The summed E-state index contributed by atoms with van der Waals surface area (Å²) in [6, 6.07) is 13.9. The van der Waals surface area contributed by atoms with Crippen LogP contribution in [0.25, 0.3) is 0 Å². The Bertz CT molecular complexity index is 664. The Morgan fingerprint density at radius 1 is 1.14 bits per heavy atom. The van der Waals surface area contributed by atoms with E-state index < -0.39 is 0 Å². The van der Waals surface area contributed by atoms with Crippen molar-refractivity contribution in [2.75, 3.05) is 6.61 Å². The normalized spacial score (nSPS) is 17.4. The predicted octanol–water partition coefficient (Wildman–Crippen LogP) is 4.03. The maximum Gasteiger partial charge on any atom is 0.213 e. The lowest BCUT2D eigenvalue weighted by molar-refractivity contribution is 0.0963. The van der Waals surface area contributed by atoms with Crippen molar-refractivity contribution in [1.82, 2.24) is 4.98 Å². The summed E-state index contributed by atoms with van der Waals surface area (Å²) in [6.07, 6.45) is 1.36. The Morgan fingerprint density at radius 2 is 1.91 bits per heavy atom. The van der Waals surface area contributed by atoms with Gasteiger partial charge >= 0.3 is 0 Å². The summed E-state index contributed by atoms with van der Waals surface area (Å²) in [5, 5.41) is 0. The van der Waals surface area contributed by atoms with Gasteiger partial charge in [-0.2, -0.15) is 0 Å². The molecule has 1 aliphatic carbocycles. The molecule has 1 heterocycles. The van der Waals surface area contributed by atoms with Crippen LogP contribution >= 0.6 is 0 Å². The molecule has 0 N–H and O–H groups in total. The van der Waals surface area contributed by atoms with Gasteiger partial charge in [-0.3, -0.25) is 4.79 Å². The molecule has 3 nitrogen and oxygen atoms in total. The average molecular weight is 295 g/mol. The maximum atomic E-state index is 12.4. The summed E-state index contributed by atoms with van der Waals surface area (Å²) < 4.78 is 5.69. The van der Waals surface area contributed by atoms with Gasteiger partial charge in [-0.25, -0.2) is 4.98 Å². The fraction of sp³-hybridized carbons (Fsp3) is 0.368. The summed E-state index contributed by atoms with van der Waals surface area (Å²) >= 11 is 0. The molecule has 3 heteroatoms. The lowest BCUT2D eigenvalue weighted by Gasteiger charge is -2.23. The third kappa shape index (κ3) is 3.19. The Balaban J connectivity index is 1.84. The number of hydrogen-bond acceptors (Lipinski definition) is 3. The van der Waals surface area contributed by atoms with E-state index in [9.17, 15) is 4.79 Å². The van der Waals surface area contributed by atoms with Crippen molar-refractivity contribution in [3.63, 3.8) is 0 Å². The second-order valence-corrected chi connectivity index (χ2v) is 6.29. The van der Waals surface area contributed by atoms with Gasteiger partial charge in [0.1, 0.15) is 0 Å². The number of benzene rings is 1. The van der Waals surface area contributed by atoms with Crippen LogP contribution in [0.2, 0.25) is 0 Å². The minimum Gasteiger partial charge on any atom is -0.477 e. The molecule has 0 fully saturated rings. The largest absolute Gasteiger partial charge is 0.477 e. The standard InChI is InChI=1S/C19H21NO2/c1-13(2)12-22-19-9-8-16-17(20-19)10-15(11-18(16)21)14-6-4-3-5-7-14/h3-9,13,15H,10-12H2,1-2H3. The molecule has 1 unspecified atom stereocenters. The third-order valence-electron chi connectivity index (χ3n) is 3.96. The first-order valence-electron chi connectivity index (χ1n) is 7.84. The molecule has 1 aromatic heterocycles.